The fourth-order valence-corrected chi connectivity index (χ4v) is 3.37. The Kier molecular flexibility index (Phi) is 6.85. The predicted octanol–water partition coefficient (Wildman–Crippen LogP) is 1.44. The Morgan fingerprint density at radius 2 is 1.70 bits per heavy atom. The molecule has 0 aliphatic rings. The zero-order valence-corrected chi connectivity index (χ0v) is 15.5. The van der Waals surface area contributed by atoms with Gasteiger partial charge in [-0.2, -0.15) is 4.31 Å². The van der Waals surface area contributed by atoms with E-state index in [0.29, 0.717) is 12.2 Å². The minimum absolute atomic E-state index is 0.00323. The van der Waals surface area contributed by atoms with Gasteiger partial charge in [-0.15, -0.1) is 0 Å². The van der Waals surface area contributed by atoms with Crippen LogP contribution in [0, 0.1) is 10.1 Å². The van der Waals surface area contributed by atoms with Crippen molar-refractivity contribution in [2.24, 2.45) is 0 Å². The molecule has 0 saturated carbocycles. The lowest BCUT2D eigenvalue weighted by Gasteiger charge is -2.17. The van der Waals surface area contributed by atoms with Crippen molar-refractivity contribution in [1.82, 2.24) is 9.62 Å². The van der Waals surface area contributed by atoms with Crippen LogP contribution in [0.15, 0.2) is 59.5 Å². The second kappa shape index (κ2) is 9.10. The van der Waals surface area contributed by atoms with E-state index in [-0.39, 0.29) is 23.7 Å². The van der Waals surface area contributed by atoms with E-state index in [0.717, 1.165) is 4.31 Å². The molecular weight excluding hydrogens is 372 g/mol. The number of anilines is 1. The first kappa shape index (κ1) is 20.3. The van der Waals surface area contributed by atoms with Crippen molar-refractivity contribution >= 4 is 27.3 Å². The standard InChI is InChI=1S/C17H20N4O5S/c1-20(27(25,26)16-5-3-2-4-6-16)13-17(22)19-12-11-18-14-7-9-15(10-8-14)21(23)24/h2-10,18H,11-13H2,1H3,(H,19,22). The van der Waals surface area contributed by atoms with Gasteiger partial charge in [-0.1, -0.05) is 18.2 Å². The molecule has 2 aromatic rings. The summed E-state index contributed by atoms with van der Waals surface area (Å²) in [5, 5.41) is 16.2. The third-order valence-corrected chi connectivity index (χ3v) is 5.49. The van der Waals surface area contributed by atoms with Gasteiger partial charge in [0.1, 0.15) is 0 Å². The van der Waals surface area contributed by atoms with Gasteiger partial charge in [-0.05, 0) is 24.3 Å². The molecule has 27 heavy (non-hydrogen) atoms. The summed E-state index contributed by atoms with van der Waals surface area (Å²) in [4.78, 5) is 22.2. The van der Waals surface area contributed by atoms with E-state index < -0.39 is 20.9 Å². The van der Waals surface area contributed by atoms with Gasteiger partial charge in [-0.3, -0.25) is 14.9 Å². The number of carbonyl (C=O) groups is 1. The van der Waals surface area contributed by atoms with Crippen LogP contribution in [0.25, 0.3) is 0 Å². The van der Waals surface area contributed by atoms with Crippen molar-refractivity contribution in [3.8, 4) is 0 Å². The van der Waals surface area contributed by atoms with Crippen LogP contribution >= 0.6 is 0 Å². The lowest BCUT2D eigenvalue weighted by Crippen LogP contribution is -2.39. The summed E-state index contributed by atoms with van der Waals surface area (Å²) in [5.74, 6) is -0.428. The van der Waals surface area contributed by atoms with Crippen LogP contribution in [0.2, 0.25) is 0 Å². The first-order valence-corrected chi connectivity index (χ1v) is 9.51. The molecule has 0 aromatic heterocycles. The van der Waals surface area contributed by atoms with E-state index in [1.165, 1.54) is 31.3 Å². The third-order valence-electron chi connectivity index (χ3n) is 3.67. The Labute approximate surface area is 157 Å². The molecule has 0 bridgehead atoms. The number of nitro groups is 1. The second-order valence-corrected chi connectivity index (χ2v) is 7.70. The second-order valence-electron chi connectivity index (χ2n) is 5.65. The first-order valence-electron chi connectivity index (χ1n) is 8.07. The number of amides is 1. The molecule has 0 atom stereocenters. The van der Waals surface area contributed by atoms with Crippen LogP contribution in [-0.2, 0) is 14.8 Å². The SMILES string of the molecule is CN(CC(=O)NCCNc1ccc([N+](=O)[O-])cc1)S(=O)(=O)c1ccccc1. The van der Waals surface area contributed by atoms with Crippen LogP contribution in [-0.4, -0.2) is 50.2 Å². The molecule has 0 aliphatic carbocycles. The number of likely N-dealkylation sites (N-methyl/N-ethyl adjacent to an activating group) is 1. The van der Waals surface area contributed by atoms with Crippen LogP contribution in [0.5, 0.6) is 0 Å². The Hall–Kier alpha value is -2.98. The van der Waals surface area contributed by atoms with Crippen LogP contribution in [0.1, 0.15) is 0 Å². The monoisotopic (exact) mass is 392 g/mol. The molecule has 2 N–H and O–H groups in total. The lowest BCUT2D eigenvalue weighted by molar-refractivity contribution is -0.384. The molecule has 0 spiro atoms. The number of nitrogens with one attached hydrogen (secondary N) is 2. The summed E-state index contributed by atoms with van der Waals surface area (Å²) >= 11 is 0. The highest BCUT2D eigenvalue weighted by atomic mass is 32.2. The number of sulfonamides is 1. The summed E-state index contributed by atoms with van der Waals surface area (Å²) < 4.78 is 25.7. The summed E-state index contributed by atoms with van der Waals surface area (Å²) in [6.45, 7) is 0.364. The predicted molar refractivity (Wildman–Crippen MR) is 101 cm³/mol. The Bertz CT molecular complexity index is 885. The van der Waals surface area contributed by atoms with Crippen molar-refractivity contribution in [1.29, 1.82) is 0 Å². The maximum atomic E-state index is 12.3. The molecular formula is C17H20N4O5S. The van der Waals surface area contributed by atoms with E-state index in [2.05, 4.69) is 10.6 Å². The number of nitrogens with zero attached hydrogens (tertiary/aromatic N) is 2. The fraction of sp³-hybridized carbons (Fsp3) is 0.235. The normalized spacial score (nSPS) is 11.2. The van der Waals surface area contributed by atoms with Gasteiger partial charge in [0.15, 0.2) is 0 Å². The topological polar surface area (TPSA) is 122 Å². The lowest BCUT2D eigenvalue weighted by atomic mass is 10.3. The number of rotatable bonds is 9. The quantitative estimate of drug-likeness (QED) is 0.378. The van der Waals surface area contributed by atoms with Crippen molar-refractivity contribution < 1.29 is 18.1 Å². The average Bonchev–Trinajstić information content (AvgIpc) is 2.66. The summed E-state index contributed by atoms with van der Waals surface area (Å²) in [7, 11) is -2.37. The van der Waals surface area contributed by atoms with E-state index in [1.807, 2.05) is 0 Å². The van der Waals surface area contributed by atoms with Gasteiger partial charge in [-0.25, -0.2) is 8.42 Å². The third kappa shape index (κ3) is 5.76. The average molecular weight is 392 g/mol. The minimum Gasteiger partial charge on any atom is -0.383 e. The van der Waals surface area contributed by atoms with E-state index in [1.54, 1.807) is 30.3 Å². The van der Waals surface area contributed by atoms with E-state index >= 15 is 0 Å². The van der Waals surface area contributed by atoms with Crippen molar-refractivity contribution in [2.45, 2.75) is 4.90 Å². The number of hydrogen-bond acceptors (Lipinski definition) is 6. The highest BCUT2D eigenvalue weighted by Crippen LogP contribution is 2.15. The zero-order valence-electron chi connectivity index (χ0n) is 14.7. The Morgan fingerprint density at radius 3 is 2.30 bits per heavy atom. The summed E-state index contributed by atoms with van der Waals surface area (Å²) in [5.41, 5.74) is 0.676. The first-order chi connectivity index (χ1) is 12.8. The molecule has 2 rings (SSSR count). The molecule has 0 fully saturated rings. The molecule has 10 heteroatoms. The van der Waals surface area contributed by atoms with Crippen molar-refractivity contribution in [3.63, 3.8) is 0 Å². The highest BCUT2D eigenvalue weighted by molar-refractivity contribution is 7.89. The van der Waals surface area contributed by atoms with Crippen molar-refractivity contribution in [3.05, 3.63) is 64.7 Å². The number of hydrogen-bond donors (Lipinski definition) is 2. The van der Waals surface area contributed by atoms with Gasteiger partial charge in [0, 0.05) is 38.0 Å². The van der Waals surface area contributed by atoms with E-state index in [4.69, 9.17) is 0 Å². The number of nitro benzene ring substituents is 1. The highest BCUT2D eigenvalue weighted by Gasteiger charge is 2.22. The van der Waals surface area contributed by atoms with Gasteiger partial charge >= 0.3 is 0 Å². The minimum atomic E-state index is -3.72. The van der Waals surface area contributed by atoms with Gasteiger partial charge in [0.05, 0.1) is 16.4 Å². The van der Waals surface area contributed by atoms with Gasteiger partial charge in [0.25, 0.3) is 5.69 Å². The largest absolute Gasteiger partial charge is 0.383 e. The number of benzene rings is 2. The van der Waals surface area contributed by atoms with Crippen LogP contribution in [0.3, 0.4) is 0 Å². The summed E-state index contributed by atoms with van der Waals surface area (Å²) in [6, 6.07) is 13.8. The van der Waals surface area contributed by atoms with Crippen LogP contribution < -0.4 is 10.6 Å². The van der Waals surface area contributed by atoms with E-state index in [9.17, 15) is 23.3 Å². The zero-order chi connectivity index (χ0) is 19.9. The molecule has 0 saturated heterocycles. The number of carbonyl (C=O) groups excluding carboxylic acids is 1. The molecule has 2 aromatic carbocycles. The molecule has 144 valence electrons. The van der Waals surface area contributed by atoms with Crippen LogP contribution in [0.4, 0.5) is 11.4 Å². The Balaban J connectivity index is 1.76. The molecule has 9 nitrogen and oxygen atoms in total. The smallest absolute Gasteiger partial charge is 0.269 e. The fourth-order valence-electron chi connectivity index (χ4n) is 2.23. The Morgan fingerprint density at radius 1 is 1.07 bits per heavy atom. The molecule has 0 radical (unpaired) electrons. The maximum Gasteiger partial charge on any atom is 0.269 e. The van der Waals surface area contributed by atoms with Gasteiger partial charge < -0.3 is 10.6 Å². The van der Waals surface area contributed by atoms with Gasteiger partial charge in [0.2, 0.25) is 15.9 Å². The number of non-ortho nitro benzene ring substituents is 1. The van der Waals surface area contributed by atoms with Crippen molar-refractivity contribution in [2.75, 3.05) is 32.0 Å². The molecule has 1 amide bonds. The molecule has 0 aliphatic heterocycles. The maximum absolute atomic E-state index is 12.3. The molecule has 0 heterocycles. The summed E-state index contributed by atoms with van der Waals surface area (Å²) in [6.07, 6.45) is 0. The molecule has 0 unspecified atom stereocenters.